The highest BCUT2D eigenvalue weighted by molar-refractivity contribution is 5.95. The van der Waals surface area contributed by atoms with E-state index in [1.165, 1.54) is 0 Å². The zero-order valence-electron chi connectivity index (χ0n) is 19.5. The Morgan fingerprint density at radius 3 is 2.59 bits per heavy atom. The number of hydrogen-bond donors (Lipinski definition) is 0. The molecule has 0 bridgehead atoms. The monoisotopic (exact) mass is 435 g/mol. The van der Waals surface area contributed by atoms with Crippen LogP contribution in [-0.4, -0.2) is 34.0 Å². The van der Waals surface area contributed by atoms with Gasteiger partial charge < -0.3 is 9.64 Å². The van der Waals surface area contributed by atoms with Gasteiger partial charge in [-0.3, -0.25) is 14.2 Å². The van der Waals surface area contributed by atoms with E-state index in [1.807, 2.05) is 48.2 Å². The highest BCUT2D eigenvalue weighted by atomic mass is 16.5. The summed E-state index contributed by atoms with van der Waals surface area (Å²) in [5.41, 5.74) is 1.14. The maximum Gasteiger partial charge on any atom is 0.261 e. The van der Waals surface area contributed by atoms with Crippen molar-refractivity contribution in [3.05, 3.63) is 70.3 Å². The number of benzene rings is 2. The molecule has 1 heterocycles. The Balaban J connectivity index is 2.05. The maximum atomic E-state index is 13.7. The molecule has 0 unspecified atom stereocenters. The van der Waals surface area contributed by atoms with Gasteiger partial charge >= 0.3 is 0 Å². The Bertz CT molecular complexity index is 1120. The first-order chi connectivity index (χ1) is 15.5. The average molecular weight is 436 g/mol. The first kappa shape index (κ1) is 23.5. The second-order valence-corrected chi connectivity index (χ2v) is 8.07. The molecule has 1 aromatic heterocycles. The molecule has 1 amide bonds. The van der Waals surface area contributed by atoms with Crippen LogP contribution in [0.1, 0.15) is 68.2 Å². The lowest BCUT2D eigenvalue weighted by atomic mass is 10.1. The molecule has 0 fully saturated rings. The van der Waals surface area contributed by atoms with Gasteiger partial charge in [-0.2, -0.15) is 0 Å². The summed E-state index contributed by atoms with van der Waals surface area (Å²) in [5.74, 6) is 1.18. The Kier molecular flexibility index (Phi) is 8.03. The van der Waals surface area contributed by atoms with Crippen LogP contribution in [0, 0.1) is 0 Å². The van der Waals surface area contributed by atoms with Crippen LogP contribution in [0.3, 0.4) is 0 Å². The first-order valence-corrected chi connectivity index (χ1v) is 11.4. The Morgan fingerprint density at radius 2 is 1.88 bits per heavy atom. The van der Waals surface area contributed by atoms with Crippen LogP contribution in [0.15, 0.2) is 53.3 Å². The molecule has 1 atom stereocenters. The van der Waals surface area contributed by atoms with E-state index >= 15 is 0 Å². The van der Waals surface area contributed by atoms with Crippen LogP contribution in [0.4, 0.5) is 0 Å². The van der Waals surface area contributed by atoms with Crippen molar-refractivity contribution in [1.29, 1.82) is 0 Å². The van der Waals surface area contributed by atoms with Crippen LogP contribution in [0.25, 0.3) is 10.9 Å². The molecule has 0 saturated heterocycles. The van der Waals surface area contributed by atoms with Crippen LogP contribution in [0.2, 0.25) is 0 Å². The van der Waals surface area contributed by atoms with E-state index in [1.54, 1.807) is 30.9 Å². The highest BCUT2D eigenvalue weighted by Gasteiger charge is 2.28. The summed E-state index contributed by atoms with van der Waals surface area (Å²) in [7, 11) is 3.33. The minimum Gasteiger partial charge on any atom is -0.497 e. The summed E-state index contributed by atoms with van der Waals surface area (Å²) in [6.07, 6.45) is 4.87. The van der Waals surface area contributed by atoms with Gasteiger partial charge in [0.05, 0.1) is 24.1 Å². The molecule has 0 radical (unpaired) electrons. The Labute approximate surface area is 189 Å². The second kappa shape index (κ2) is 10.9. The minimum absolute atomic E-state index is 0.0744. The Morgan fingerprint density at radius 1 is 1.09 bits per heavy atom. The predicted octanol–water partition coefficient (Wildman–Crippen LogP) is 5.12. The zero-order chi connectivity index (χ0) is 23.1. The lowest BCUT2D eigenvalue weighted by Crippen LogP contribution is -2.39. The lowest BCUT2D eigenvalue weighted by Gasteiger charge is -2.32. The van der Waals surface area contributed by atoms with E-state index < -0.39 is 0 Å². The van der Waals surface area contributed by atoms with Crippen LogP contribution in [0.5, 0.6) is 5.75 Å². The van der Waals surface area contributed by atoms with Gasteiger partial charge in [0, 0.05) is 19.2 Å². The van der Waals surface area contributed by atoms with Gasteiger partial charge in [0.25, 0.3) is 11.5 Å². The smallest absolute Gasteiger partial charge is 0.261 e. The molecule has 0 saturated carbocycles. The molecule has 0 spiro atoms. The number of carbonyl (C=O) groups excluding carboxylic acids is 1. The number of methoxy groups -OCH3 is 1. The molecule has 0 aliphatic rings. The molecule has 3 aromatic rings. The molecule has 32 heavy (non-hydrogen) atoms. The van der Waals surface area contributed by atoms with Crippen molar-refractivity contribution in [3.8, 4) is 5.75 Å². The number of aromatic nitrogens is 2. The van der Waals surface area contributed by atoms with Crippen LogP contribution in [-0.2, 0) is 7.05 Å². The van der Waals surface area contributed by atoms with E-state index in [0.29, 0.717) is 41.0 Å². The van der Waals surface area contributed by atoms with E-state index in [9.17, 15) is 9.59 Å². The standard InChI is InChI=1S/C26H33N3O3/c1-5-7-8-11-17-29(25(30)19-13-12-14-20(18-19)32-4)23(6-2)24-27-22-16-10-9-15-21(22)26(31)28(24)3/h9-10,12-16,18,23H,5-8,11,17H2,1-4H3/t23-/m1/s1. The third kappa shape index (κ3) is 5.01. The fraction of sp³-hybridized carbons (Fsp3) is 0.423. The highest BCUT2D eigenvalue weighted by Crippen LogP contribution is 2.27. The van der Waals surface area contributed by atoms with E-state index in [0.717, 1.165) is 25.7 Å². The van der Waals surface area contributed by atoms with Gasteiger partial charge in [-0.25, -0.2) is 4.98 Å². The van der Waals surface area contributed by atoms with Gasteiger partial charge in [0.2, 0.25) is 0 Å². The van der Waals surface area contributed by atoms with Crippen molar-refractivity contribution in [2.45, 2.75) is 52.0 Å². The van der Waals surface area contributed by atoms with Crippen LogP contribution >= 0.6 is 0 Å². The normalized spacial score (nSPS) is 12.0. The van der Waals surface area contributed by atoms with Gasteiger partial charge in [0.1, 0.15) is 11.6 Å². The molecular formula is C26H33N3O3. The molecular weight excluding hydrogens is 402 g/mol. The van der Waals surface area contributed by atoms with Gasteiger partial charge in [-0.1, -0.05) is 51.3 Å². The SMILES string of the molecule is CCCCCCN(C(=O)c1cccc(OC)c1)[C@H](CC)c1nc2ccccc2c(=O)n1C. The number of fused-ring (bicyclic) bond motifs is 1. The lowest BCUT2D eigenvalue weighted by molar-refractivity contribution is 0.0653. The van der Waals surface area contributed by atoms with Crippen molar-refractivity contribution in [2.75, 3.05) is 13.7 Å². The molecule has 3 rings (SSSR count). The molecule has 6 heteroatoms. The summed E-state index contributed by atoms with van der Waals surface area (Å²) in [6, 6.07) is 14.3. The van der Waals surface area contributed by atoms with E-state index in [2.05, 4.69) is 6.92 Å². The van der Waals surface area contributed by atoms with Crippen LogP contribution < -0.4 is 10.3 Å². The summed E-state index contributed by atoms with van der Waals surface area (Å²) in [5, 5.41) is 0.585. The number of unbranched alkanes of at least 4 members (excludes halogenated alkanes) is 3. The van der Waals surface area contributed by atoms with Crippen molar-refractivity contribution in [2.24, 2.45) is 7.05 Å². The van der Waals surface area contributed by atoms with Crippen molar-refractivity contribution in [1.82, 2.24) is 14.5 Å². The number of nitrogens with zero attached hydrogens (tertiary/aromatic N) is 3. The number of ether oxygens (including phenoxy) is 1. The first-order valence-electron chi connectivity index (χ1n) is 11.4. The molecule has 170 valence electrons. The Hall–Kier alpha value is -3.15. The van der Waals surface area contributed by atoms with Crippen molar-refractivity contribution >= 4 is 16.8 Å². The molecule has 0 N–H and O–H groups in total. The van der Waals surface area contributed by atoms with E-state index in [-0.39, 0.29) is 17.5 Å². The quantitative estimate of drug-likeness (QED) is 0.415. The number of amides is 1. The topological polar surface area (TPSA) is 64.4 Å². The summed E-state index contributed by atoms with van der Waals surface area (Å²) < 4.78 is 6.92. The summed E-state index contributed by atoms with van der Waals surface area (Å²) in [4.78, 5) is 33.4. The van der Waals surface area contributed by atoms with Crippen molar-refractivity contribution < 1.29 is 9.53 Å². The molecule has 0 aliphatic carbocycles. The summed E-state index contributed by atoms with van der Waals surface area (Å²) in [6.45, 7) is 4.81. The number of hydrogen-bond acceptors (Lipinski definition) is 4. The third-order valence-corrected chi connectivity index (χ3v) is 5.91. The zero-order valence-corrected chi connectivity index (χ0v) is 19.5. The predicted molar refractivity (Wildman–Crippen MR) is 128 cm³/mol. The number of para-hydroxylation sites is 1. The second-order valence-electron chi connectivity index (χ2n) is 8.07. The largest absolute Gasteiger partial charge is 0.497 e. The maximum absolute atomic E-state index is 13.7. The van der Waals surface area contributed by atoms with E-state index in [4.69, 9.17) is 9.72 Å². The fourth-order valence-electron chi connectivity index (χ4n) is 4.11. The number of rotatable bonds is 10. The van der Waals surface area contributed by atoms with Gasteiger partial charge in [0.15, 0.2) is 0 Å². The molecule has 0 aliphatic heterocycles. The van der Waals surface area contributed by atoms with Gasteiger partial charge in [-0.05, 0) is 43.2 Å². The summed E-state index contributed by atoms with van der Waals surface area (Å²) >= 11 is 0. The van der Waals surface area contributed by atoms with Gasteiger partial charge in [-0.15, -0.1) is 0 Å². The molecule has 6 nitrogen and oxygen atoms in total. The number of carbonyl (C=O) groups is 1. The minimum atomic E-state index is -0.308. The average Bonchev–Trinajstić information content (AvgIpc) is 2.83. The third-order valence-electron chi connectivity index (χ3n) is 5.91. The molecule has 2 aromatic carbocycles. The van der Waals surface area contributed by atoms with Crippen molar-refractivity contribution in [3.63, 3.8) is 0 Å². The fourth-order valence-corrected chi connectivity index (χ4v) is 4.11.